The summed E-state index contributed by atoms with van der Waals surface area (Å²) in [7, 11) is 0. The molecule has 0 aliphatic heterocycles. The third-order valence-electron chi connectivity index (χ3n) is 3.55. The zero-order valence-corrected chi connectivity index (χ0v) is 11.9. The Balaban J connectivity index is 2.07. The lowest BCUT2D eigenvalue weighted by molar-refractivity contribution is -0.126. The lowest BCUT2D eigenvalue weighted by Crippen LogP contribution is -2.48. The molecular formula is C17H20N2O. The van der Waals surface area contributed by atoms with Crippen molar-refractivity contribution in [1.82, 2.24) is 5.32 Å². The summed E-state index contributed by atoms with van der Waals surface area (Å²) in [4.78, 5) is 12.3. The lowest BCUT2D eigenvalue weighted by Gasteiger charge is -2.24. The van der Waals surface area contributed by atoms with Crippen LogP contribution in [0.5, 0.6) is 0 Å². The van der Waals surface area contributed by atoms with Crippen LogP contribution in [-0.2, 0) is 16.9 Å². The van der Waals surface area contributed by atoms with Crippen LogP contribution in [0.4, 0.5) is 0 Å². The van der Waals surface area contributed by atoms with Gasteiger partial charge in [-0.3, -0.25) is 4.79 Å². The van der Waals surface area contributed by atoms with Crippen LogP contribution in [0.3, 0.4) is 0 Å². The molecule has 0 aromatic heterocycles. The molecule has 0 fully saturated rings. The molecule has 20 heavy (non-hydrogen) atoms. The topological polar surface area (TPSA) is 55.1 Å². The van der Waals surface area contributed by atoms with Crippen molar-refractivity contribution >= 4 is 5.91 Å². The molecule has 0 heterocycles. The van der Waals surface area contributed by atoms with Gasteiger partial charge in [0.15, 0.2) is 0 Å². The van der Waals surface area contributed by atoms with Crippen LogP contribution in [0, 0.1) is 6.92 Å². The summed E-state index contributed by atoms with van der Waals surface area (Å²) in [5.74, 6) is -0.174. The second-order valence-electron chi connectivity index (χ2n) is 5.18. The average Bonchev–Trinajstić information content (AvgIpc) is 2.47. The van der Waals surface area contributed by atoms with Gasteiger partial charge in [-0.15, -0.1) is 0 Å². The zero-order chi connectivity index (χ0) is 14.6. The number of rotatable bonds is 4. The molecule has 3 nitrogen and oxygen atoms in total. The molecule has 0 saturated carbocycles. The van der Waals surface area contributed by atoms with Crippen LogP contribution in [0.2, 0.25) is 0 Å². The predicted octanol–water partition coefficient (Wildman–Crippen LogP) is 2.49. The molecule has 0 spiro atoms. The largest absolute Gasteiger partial charge is 0.350 e. The molecule has 2 aromatic rings. The van der Waals surface area contributed by atoms with Gasteiger partial charge in [0.25, 0.3) is 0 Å². The molecule has 0 radical (unpaired) electrons. The van der Waals surface area contributed by atoms with Gasteiger partial charge >= 0.3 is 0 Å². The highest BCUT2D eigenvalue weighted by atomic mass is 16.2. The third kappa shape index (κ3) is 3.06. The molecular weight excluding hydrogens is 248 g/mol. The Morgan fingerprint density at radius 3 is 2.35 bits per heavy atom. The molecule has 1 unspecified atom stereocenters. The van der Waals surface area contributed by atoms with Gasteiger partial charge in [-0.25, -0.2) is 0 Å². The number of amides is 1. The molecule has 0 bridgehead atoms. The van der Waals surface area contributed by atoms with E-state index in [2.05, 4.69) is 5.32 Å². The van der Waals surface area contributed by atoms with E-state index in [0.717, 1.165) is 16.7 Å². The van der Waals surface area contributed by atoms with Gasteiger partial charge in [0.1, 0.15) is 5.54 Å². The highest BCUT2D eigenvalue weighted by Crippen LogP contribution is 2.17. The number of benzene rings is 2. The number of nitrogens with two attached hydrogens (primary N) is 1. The van der Waals surface area contributed by atoms with E-state index in [1.807, 2.05) is 61.5 Å². The molecule has 0 saturated heterocycles. The number of nitrogens with one attached hydrogen (secondary N) is 1. The maximum Gasteiger partial charge on any atom is 0.244 e. The number of hydrogen-bond acceptors (Lipinski definition) is 2. The second-order valence-corrected chi connectivity index (χ2v) is 5.18. The van der Waals surface area contributed by atoms with E-state index in [1.165, 1.54) is 0 Å². The summed E-state index contributed by atoms with van der Waals surface area (Å²) < 4.78 is 0. The van der Waals surface area contributed by atoms with Crippen LogP contribution < -0.4 is 11.1 Å². The minimum atomic E-state index is -1.02. The standard InChI is InChI=1S/C17H20N2O/c1-13-8-6-7-9-14(13)12-19-16(20)17(2,18)15-10-4-3-5-11-15/h3-11H,12,18H2,1-2H3,(H,19,20). The minimum Gasteiger partial charge on any atom is -0.350 e. The Hall–Kier alpha value is -2.13. The normalized spacial score (nSPS) is 13.6. The van der Waals surface area contributed by atoms with Crippen molar-refractivity contribution in [2.75, 3.05) is 0 Å². The van der Waals surface area contributed by atoms with Crippen LogP contribution in [0.15, 0.2) is 54.6 Å². The van der Waals surface area contributed by atoms with Crippen molar-refractivity contribution in [3.8, 4) is 0 Å². The molecule has 2 rings (SSSR count). The summed E-state index contributed by atoms with van der Waals surface area (Å²) in [5.41, 5.74) is 8.22. The Morgan fingerprint density at radius 1 is 1.10 bits per heavy atom. The Kier molecular flexibility index (Phi) is 4.20. The second kappa shape index (κ2) is 5.88. The predicted molar refractivity (Wildman–Crippen MR) is 81.0 cm³/mol. The van der Waals surface area contributed by atoms with E-state index in [4.69, 9.17) is 5.73 Å². The van der Waals surface area contributed by atoms with E-state index >= 15 is 0 Å². The van der Waals surface area contributed by atoms with Crippen LogP contribution >= 0.6 is 0 Å². The smallest absolute Gasteiger partial charge is 0.244 e. The van der Waals surface area contributed by atoms with Crippen molar-refractivity contribution in [1.29, 1.82) is 0 Å². The zero-order valence-electron chi connectivity index (χ0n) is 11.9. The molecule has 1 amide bonds. The van der Waals surface area contributed by atoms with Gasteiger partial charge in [0.2, 0.25) is 5.91 Å². The fraction of sp³-hybridized carbons (Fsp3) is 0.235. The first-order valence-corrected chi connectivity index (χ1v) is 6.69. The monoisotopic (exact) mass is 268 g/mol. The molecule has 0 aliphatic carbocycles. The van der Waals surface area contributed by atoms with Crippen LogP contribution in [0.1, 0.15) is 23.6 Å². The average molecular weight is 268 g/mol. The lowest BCUT2D eigenvalue weighted by atomic mass is 9.92. The number of carbonyl (C=O) groups excluding carboxylic acids is 1. The first kappa shape index (κ1) is 14.3. The Labute approximate surface area is 119 Å². The van der Waals surface area contributed by atoms with E-state index < -0.39 is 5.54 Å². The SMILES string of the molecule is Cc1ccccc1CNC(=O)C(C)(N)c1ccccc1. The van der Waals surface area contributed by atoms with E-state index in [9.17, 15) is 4.79 Å². The first-order chi connectivity index (χ1) is 9.51. The summed E-state index contributed by atoms with van der Waals surface area (Å²) >= 11 is 0. The Bertz CT molecular complexity index is 591. The highest BCUT2D eigenvalue weighted by molar-refractivity contribution is 5.86. The number of carbonyl (C=O) groups is 1. The molecule has 104 valence electrons. The van der Waals surface area contributed by atoms with E-state index in [-0.39, 0.29) is 5.91 Å². The van der Waals surface area contributed by atoms with Gasteiger partial charge in [-0.1, -0.05) is 54.6 Å². The summed E-state index contributed by atoms with van der Waals surface area (Å²) in [6.45, 7) is 4.25. The van der Waals surface area contributed by atoms with Gasteiger partial charge < -0.3 is 11.1 Å². The van der Waals surface area contributed by atoms with E-state index in [0.29, 0.717) is 6.54 Å². The maximum absolute atomic E-state index is 12.3. The van der Waals surface area contributed by atoms with Gasteiger partial charge in [-0.05, 0) is 30.5 Å². The fourth-order valence-electron chi connectivity index (χ4n) is 2.08. The van der Waals surface area contributed by atoms with Gasteiger partial charge in [0.05, 0.1) is 0 Å². The van der Waals surface area contributed by atoms with Crippen molar-refractivity contribution in [2.24, 2.45) is 5.73 Å². The summed E-state index contributed by atoms with van der Waals surface area (Å²) in [5, 5.41) is 2.91. The van der Waals surface area contributed by atoms with Crippen LogP contribution in [-0.4, -0.2) is 5.91 Å². The molecule has 0 aliphatic rings. The van der Waals surface area contributed by atoms with Gasteiger partial charge in [0, 0.05) is 6.54 Å². The highest BCUT2D eigenvalue weighted by Gasteiger charge is 2.29. The van der Waals surface area contributed by atoms with Crippen molar-refractivity contribution < 1.29 is 4.79 Å². The van der Waals surface area contributed by atoms with Crippen molar-refractivity contribution in [2.45, 2.75) is 25.9 Å². The molecule has 2 aromatic carbocycles. The van der Waals surface area contributed by atoms with Gasteiger partial charge in [-0.2, -0.15) is 0 Å². The minimum absolute atomic E-state index is 0.174. The third-order valence-corrected chi connectivity index (χ3v) is 3.55. The summed E-state index contributed by atoms with van der Waals surface area (Å²) in [6.07, 6.45) is 0. The van der Waals surface area contributed by atoms with Crippen molar-refractivity contribution in [3.63, 3.8) is 0 Å². The fourth-order valence-corrected chi connectivity index (χ4v) is 2.08. The summed E-state index contributed by atoms with van der Waals surface area (Å²) in [6, 6.07) is 17.4. The Morgan fingerprint density at radius 2 is 1.70 bits per heavy atom. The number of aryl methyl sites for hydroxylation is 1. The quantitative estimate of drug-likeness (QED) is 0.895. The van der Waals surface area contributed by atoms with Crippen LogP contribution in [0.25, 0.3) is 0 Å². The first-order valence-electron chi connectivity index (χ1n) is 6.69. The molecule has 3 heteroatoms. The molecule has 1 atom stereocenters. The van der Waals surface area contributed by atoms with E-state index in [1.54, 1.807) is 6.92 Å². The maximum atomic E-state index is 12.3. The molecule has 3 N–H and O–H groups in total. The number of hydrogen-bond donors (Lipinski definition) is 2. The van der Waals surface area contributed by atoms with Crippen molar-refractivity contribution in [3.05, 3.63) is 71.3 Å².